The highest BCUT2D eigenvalue weighted by Crippen LogP contribution is 2.14. The van der Waals surface area contributed by atoms with E-state index in [2.05, 4.69) is 5.32 Å². The zero-order valence-corrected chi connectivity index (χ0v) is 12.0. The third-order valence-corrected chi connectivity index (χ3v) is 4.69. The van der Waals surface area contributed by atoms with Gasteiger partial charge in [-0.25, -0.2) is 17.5 Å². The van der Waals surface area contributed by atoms with E-state index >= 15 is 0 Å². The van der Waals surface area contributed by atoms with Crippen molar-refractivity contribution in [1.29, 1.82) is 0 Å². The number of piperidine rings is 1. The van der Waals surface area contributed by atoms with Crippen LogP contribution in [-0.2, 0) is 16.6 Å². The number of nitrogens with zero attached hydrogens (tertiary/aromatic N) is 1. The van der Waals surface area contributed by atoms with Gasteiger partial charge in [-0.05, 0) is 18.9 Å². The topological polar surface area (TPSA) is 99.9 Å². The number of carboxylic acids is 1. The highest BCUT2D eigenvalue weighted by atomic mass is 32.2. The Morgan fingerprint density at radius 1 is 1.50 bits per heavy atom. The average molecular weight is 302 g/mol. The third-order valence-electron chi connectivity index (χ3n) is 3.39. The van der Waals surface area contributed by atoms with Crippen LogP contribution in [0.15, 0.2) is 16.7 Å². The van der Waals surface area contributed by atoms with Crippen LogP contribution in [0.2, 0.25) is 0 Å². The Morgan fingerprint density at radius 2 is 2.15 bits per heavy atom. The molecular weight excluding hydrogens is 284 g/mol. The van der Waals surface area contributed by atoms with Crippen LogP contribution in [0.4, 0.5) is 0 Å². The number of rotatable bonds is 5. The normalized spacial score (nSPS) is 18.2. The van der Waals surface area contributed by atoms with E-state index in [4.69, 9.17) is 9.52 Å². The van der Waals surface area contributed by atoms with E-state index < -0.39 is 16.0 Å². The SMILES string of the molecule is CS(=O)(=O)N1CCC(NCc2cc(C(=O)O)co2)CC1. The van der Waals surface area contributed by atoms with Crippen LogP contribution < -0.4 is 5.32 Å². The molecule has 20 heavy (non-hydrogen) atoms. The molecule has 1 aliphatic heterocycles. The number of carbonyl (C=O) groups is 1. The van der Waals surface area contributed by atoms with Crippen molar-refractivity contribution in [3.63, 3.8) is 0 Å². The van der Waals surface area contributed by atoms with Crippen molar-refractivity contribution in [3.8, 4) is 0 Å². The van der Waals surface area contributed by atoms with Crippen LogP contribution in [0.25, 0.3) is 0 Å². The van der Waals surface area contributed by atoms with Crippen LogP contribution in [0, 0.1) is 0 Å². The molecule has 2 heterocycles. The van der Waals surface area contributed by atoms with Crippen LogP contribution in [0.1, 0.15) is 29.0 Å². The Morgan fingerprint density at radius 3 is 2.65 bits per heavy atom. The van der Waals surface area contributed by atoms with Gasteiger partial charge in [0.05, 0.1) is 18.4 Å². The predicted octanol–water partition coefficient (Wildman–Crippen LogP) is 0.491. The molecule has 1 fully saturated rings. The molecule has 1 aromatic heterocycles. The van der Waals surface area contributed by atoms with E-state index in [0.29, 0.717) is 25.4 Å². The first kappa shape index (κ1) is 15.0. The summed E-state index contributed by atoms with van der Waals surface area (Å²) in [6.45, 7) is 1.46. The van der Waals surface area contributed by atoms with Crippen molar-refractivity contribution in [2.24, 2.45) is 0 Å². The smallest absolute Gasteiger partial charge is 0.338 e. The lowest BCUT2D eigenvalue weighted by atomic mass is 10.1. The second-order valence-corrected chi connectivity index (χ2v) is 6.91. The van der Waals surface area contributed by atoms with Crippen molar-refractivity contribution < 1.29 is 22.7 Å². The fourth-order valence-corrected chi connectivity index (χ4v) is 3.10. The molecule has 8 heteroatoms. The fraction of sp³-hybridized carbons (Fsp3) is 0.583. The molecule has 2 N–H and O–H groups in total. The summed E-state index contributed by atoms with van der Waals surface area (Å²) >= 11 is 0. The van der Waals surface area contributed by atoms with Gasteiger partial charge in [0.15, 0.2) is 0 Å². The highest BCUT2D eigenvalue weighted by molar-refractivity contribution is 7.88. The zero-order chi connectivity index (χ0) is 14.8. The number of carboxylic acid groups (broad SMARTS) is 1. The van der Waals surface area contributed by atoms with Crippen LogP contribution in [0.5, 0.6) is 0 Å². The Balaban J connectivity index is 1.80. The van der Waals surface area contributed by atoms with Gasteiger partial charge in [-0.3, -0.25) is 0 Å². The number of sulfonamides is 1. The van der Waals surface area contributed by atoms with Gasteiger partial charge < -0.3 is 14.8 Å². The van der Waals surface area contributed by atoms with Gasteiger partial charge >= 0.3 is 5.97 Å². The summed E-state index contributed by atoms with van der Waals surface area (Å²) in [5.41, 5.74) is 0.133. The second-order valence-electron chi connectivity index (χ2n) is 4.92. The summed E-state index contributed by atoms with van der Waals surface area (Å²) in [6.07, 6.45) is 3.90. The molecule has 2 rings (SSSR count). The molecule has 0 amide bonds. The van der Waals surface area contributed by atoms with Gasteiger partial charge in [0.25, 0.3) is 0 Å². The molecular formula is C12H18N2O5S. The largest absolute Gasteiger partial charge is 0.478 e. The van der Waals surface area contributed by atoms with Crippen LogP contribution in [0.3, 0.4) is 0 Å². The second kappa shape index (κ2) is 5.94. The fourth-order valence-electron chi connectivity index (χ4n) is 2.22. The lowest BCUT2D eigenvalue weighted by molar-refractivity contribution is 0.0696. The molecule has 112 valence electrons. The van der Waals surface area contributed by atoms with Crippen LogP contribution in [-0.4, -0.2) is 49.2 Å². The van der Waals surface area contributed by atoms with Crippen molar-refractivity contribution in [2.75, 3.05) is 19.3 Å². The van der Waals surface area contributed by atoms with E-state index in [9.17, 15) is 13.2 Å². The van der Waals surface area contributed by atoms with Gasteiger partial charge in [0.1, 0.15) is 12.0 Å². The lowest BCUT2D eigenvalue weighted by Crippen LogP contribution is -2.44. The molecule has 7 nitrogen and oxygen atoms in total. The van der Waals surface area contributed by atoms with E-state index in [-0.39, 0.29) is 11.6 Å². The number of furan rings is 1. The van der Waals surface area contributed by atoms with Crippen molar-refractivity contribution in [1.82, 2.24) is 9.62 Å². The van der Waals surface area contributed by atoms with Crippen molar-refractivity contribution in [2.45, 2.75) is 25.4 Å². The summed E-state index contributed by atoms with van der Waals surface area (Å²) in [5.74, 6) is -0.450. The zero-order valence-electron chi connectivity index (χ0n) is 11.2. The predicted molar refractivity (Wildman–Crippen MR) is 71.9 cm³/mol. The summed E-state index contributed by atoms with van der Waals surface area (Å²) in [7, 11) is -3.10. The lowest BCUT2D eigenvalue weighted by Gasteiger charge is -2.30. The monoisotopic (exact) mass is 302 g/mol. The molecule has 0 aromatic carbocycles. The quantitative estimate of drug-likeness (QED) is 0.821. The number of aromatic carboxylic acids is 1. The molecule has 1 saturated heterocycles. The molecule has 0 aliphatic carbocycles. The van der Waals surface area contributed by atoms with Gasteiger partial charge in [0.2, 0.25) is 10.0 Å². The molecule has 1 aliphatic rings. The molecule has 0 spiro atoms. The maximum atomic E-state index is 11.4. The van der Waals surface area contributed by atoms with Gasteiger partial charge in [0, 0.05) is 19.1 Å². The highest BCUT2D eigenvalue weighted by Gasteiger charge is 2.24. The maximum absolute atomic E-state index is 11.4. The van der Waals surface area contributed by atoms with Gasteiger partial charge in [-0.1, -0.05) is 0 Å². The minimum atomic E-state index is -3.10. The Bertz CT molecular complexity index is 572. The summed E-state index contributed by atoms with van der Waals surface area (Å²) in [6, 6.07) is 1.70. The van der Waals surface area contributed by atoms with Gasteiger partial charge in [-0.2, -0.15) is 0 Å². The molecule has 1 aromatic rings. The van der Waals surface area contributed by atoms with E-state index in [0.717, 1.165) is 12.8 Å². The molecule has 0 radical (unpaired) electrons. The van der Waals surface area contributed by atoms with Gasteiger partial charge in [-0.15, -0.1) is 0 Å². The maximum Gasteiger partial charge on any atom is 0.338 e. The Hall–Kier alpha value is -1.38. The Kier molecular flexibility index (Phi) is 4.46. The number of hydrogen-bond donors (Lipinski definition) is 2. The summed E-state index contributed by atoms with van der Waals surface area (Å²) in [4.78, 5) is 10.7. The first-order chi connectivity index (χ1) is 9.36. The summed E-state index contributed by atoms with van der Waals surface area (Å²) in [5, 5.41) is 12.0. The van der Waals surface area contributed by atoms with Crippen LogP contribution >= 0.6 is 0 Å². The minimum absolute atomic E-state index is 0.133. The molecule has 0 atom stereocenters. The van der Waals surface area contributed by atoms with Crippen molar-refractivity contribution in [3.05, 3.63) is 23.7 Å². The molecule has 0 unspecified atom stereocenters. The van der Waals surface area contributed by atoms with Crippen molar-refractivity contribution >= 4 is 16.0 Å². The minimum Gasteiger partial charge on any atom is -0.478 e. The van der Waals surface area contributed by atoms with E-state index in [1.54, 1.807) is 0 Å². The number of hydrogen-bond acceptors (Lipinski definition) is 5. The van der Waals surface area contributed by atoms with E-state index in [1.165, 1.54) is 22.9 Å². The standard InChI is InChI=1S/C12H18N2O5S/c1-20(17,18)14-4-2-10(3-5-14)13-7-11-6-9(8-19-11)12(15)16/h6,8,10,13H,2-5,7H2,1H3,(H,15,16). The summed E-state index contributed by atoms with van der Waals surface area (Å²) < 4.78 is 29.4. The first-order valence-electron chi connectivity index (χ1n) is 6.35. The van der Waals surface area contributed by atoms with E-state index in [1.807, 2.05) is 0 Å². The molecule has 0 saturated carbocycles. The third kappa shape index (κ3) is 3.81. The average Bonchev–Trinajstić information content (AvgIpc) is 2.85. The first-order valence-corrected chi connectivity index (χ1v) is 8.20. The Labute approximate surface area is 117 Å². The molecule has 0 bridgehead atoms. The number of nitrogens with one attached hydrogen (secondary N) is 1.